The Morgan fingerprint density at radius 2 is 1.12 bits per heavy atom. The number of nitrogens with zero attached hydrogens (tertiary/aromatic N) is 4. The highest BCUT2D eigenvalue weighted by Crippen LogP contribution is 2.32. The number of morpholine rings is 2. The van der Waals surface area contributed by atoms with Crippen LogP contribution in [0.5, 0.6) is 11.5 Å². The van der Waals surface area contributed by atoms with Gasteiger partial charge in [0.15, 0.2) is 0 Å². The Morgan fingerprint density at radius 1 is 0.644 bits per heavy atom. The van der Waals surface area contributed by atoms with E-state index in [0.717, 1.165) is 110 Å². The number of halogens is 3. The average Bonchev–Trinajstić information content (AvgIpc) is 3.26. The van der Waals surface area contributed by atoms with Crippen molar-refractivity contribution in [1.82, 2.24) is 19.8 Å². The number of anilines is 2. The molecule has 0 spiro atoms. The van der Waals surface area contributed by atoms with E-state index in [1.807, 2.05) is 66.7 Å². The highest BCUT2D eigenvalue weighted by Gasteiger charge is 2.14. The molecule has 2 aliphatic rings. The Hall–Kier alpha value is -5.05. The summed E-state index contributed by atoms with van der Waals surface area (Å²) in [6.07, 6.45) is 2.94. The van der Waals surface area contributed by atoms with Crippen molar-refractivity contribution in [3.63, 3.8) is 0 Å². The molecule has 0 radical (unpaired) electrons. The zero-order valence-electron chi connectivity index (χ0n) is 32.3. The molecule has 0 unspecified atom stereocenters. The van der Waals surface area contributed by atoms with Gasteiger partial charge in [0.05, 0.1) is 26.4 Å². The lowest BCUT2D eigenvalue weighted by Crippen LogP contribution is -2.38. The predicted octanol–water partition coefficient (Wildman–Crippen LogP) is 8.10. The van der Waals surface area contributed by atoms with Crippen LogP contribution in [0.3, 0.4) is 0 Å². The van der Waals surface area contributed by atoms with Crippen LogP contribution in [-0.2, 0) is 9.47 Å². The lowest BCUT2D eigenvalue weighted by molar-refractivity contribution is 0.0322. The molecule has 4 heterocycles. The number of nitrogens with one attached hydrogen (secondary N) is 1. The van der Waals surface area contributed by atoms with Gasteiger partial charge in [-0.25, -0.2) is 9.97 Å². The number of amides is 1. The summed E-state index contributed by atoms with van der Waals surface area (Å²) >= 11 is 16.5. The smallest absolute Gasteiger partial charge is 0.255 e. The molecule has 2 aliphatic heterocycles. The quantitative estimate of drug-likeness (QED) is 0.0742. The molecule has 12 nitrogen and oxygen atoms in total. The van der Waals surface area contributed by atoms with E-state index in [9.17, 15) is 9.59 Å². The van der Waals surface area contributed by atoms with Gasteiger partial charge in [-0.1, -0.05) is 71.7 Å². The van der Waals surface area contributed by atoms with Crippen molar-refractivity contribution in [2.45, 2.75) is 0 Å². The van der Waals surface area contributed by atoms with E-state index in [0.29, 0.717) is 24.3 Å². The summed E-state index contributed by atoms with van der Waals surface area (Å²) in [6.45, 7) is 10.1. The van der Waals surface area contributed by atoms with Crippen LogP contribution in [0.15, 0.2) is 109 Å². The molecule has 8 rings (SSSR count). The highest BCUT2D eigenvalue weighted by molar-refractivity contribution is 6.67. The summed E-state index contributed by atoms with van der Waals surface area (Å²) in [5.41, 5.74) is 8.33. The molecule has 2 aromatic heterocycles. The van der Waals surface area contributed by atoms with Crippen LogP contribution >= 0.6 is 34.8 Å². The molecule has 2 saturated heterocycles. The molecule has 2 fully saturated rings. The molecule has 0 atom stereocenters. The lowest BCUT2D eigenvalue weighted by atomic mass is 10.1. The van der Waals surface area contributed by atoms with Gasteiger partial charge in [0.1, 0.15) is 35.0 Å². The molecule has 0 bridgehead atoms. The van der Waals surface area contributed by atoms with Crippen LogP contribution in [0.2, 0.25) is 10.3 Å². The largest absolute Gasteiger partial charge is 0.492 e. The maximum absolute atomic E-state index is 12.6. The summed E-state index contributed by atoms with van der Waals surface area (Å²) in [6, 6.07) is 29.7. The van der Waals surface area contributed by atoms with E-state index in [4.69, 9.17) is 59.5 Å². The number of nitrogen functional groups attached to an aromatic ring is 1. The number of carbonyl (C=O) groups is 2. The Kier molecular flexibility index (Phi) is 16.5. The van der Waals surface area contributed by atoms with Gasteiger partial charge < -0.3 is 30.0 Å². The molecule has 3 N–H and O–H groups in total. The predicted molar refractivity (Wildman–Crippen MR) is 234 cm³/mol. The monoisotopic (exact) mass is 858 g/mol. The Morgan fingerprint density at radius 3 is 1.64 bits per heavy atom. The zero-order valence-corrected chi connectivity index (χ0v) is 34.6. The summed E-state index contributed by atoms with van der Waals surface area (Å²) < 4.78 is 22.7. The summed E-state index contributed by atoms with van der Waals surface area (Å²) in [5.74, 6) is 1.47. The van der Waals surface area contributed by atoms with Gasteiger partial charge in [0.25, 0.3) is 11.1 Å². The number of benzene rings is 4. The van der Waals surface area contributed by atoms with E-state index < -0.39 is 5.24 Å². The average molecular weight is 860 g/mol. The molecular formula is C44H45Cl3N6O6. The van der Waals surface area contributed by atoms with Gasteiger partial charge in [-0.05, 0) is 60.1 Å². The van der Waals surface area contributed by atoms with Gasteiger partial charge in [0.2, 0.25) is 0 Å². The van der Waals surface area contributed by atoms with E-state index in [-0.39, 0.29) is 16.2 Å². The molecule has 1 amide bonds. The van der Waals surface area contributed by atoms with Crippen LogP contribution in [0, 0.1) is 0 Å². The van der Waals surface area contributed by atoms with E-state index in [1.54, 1.807) is 12.1 Å². The molecule has 15 heteroatoms. The van der Waals surface area contributed by atoms with E-state index >= 15 is 0 Å². The lowest BCUT2D eigenvalue weighted by Gasteiger charge is -2.26. The fourth-order valence-corrected chi connectivity index (χ4v) is 6.87. The standard InChI is InChI=1S/C22H22ClN3O3.C16H20N2O2.C6H3Cl2NO/c23-21-15-16(7-8-24-21)22(27)25-19-5-6-20(18-4-2-1-3-17(18)19)29-14-11-26-9-12-28-13-10-26;17-15-5-6-16(14-4-2-1-3-13(14)15)20-12-9-18-7-10-19-11-8-18;7-5-3-4(6(8)10)1-2-9-5/h1-8,15H,9-14H2,(H,25,27);1-6H,7-12,17H2;1-3H. The van der Waals surface area contributed by atoms with Crippen molar-refractivity contribution in [2.24, 2.45) is 0 Å². The molecule has 308 valence electrons. The minimum Gasteiger partial charge on any atom is -0.492 e. The van der Waals surface area contributed by atoms with Crippen LogP contribution < -0.4 is 20.5 Å². The molecular weight excluding hydrogens is 815 g/mol. The van der Waals surface area contributed by atoms with Crippen molar-refractivity contribution in [3.05, 3.63) is 131 Å². The van der Waals surface area contributed by atoms with Crippen LogP contribution in [0.25, 0.3) is 21.5 Å². The van der Waals surface area contributed by atoms with Gasteiger partial charge in [-0.15, -0.1) is 0 Å². The first-order valence-corrected chi connectivity index (χ1v) is 20.3. The molecule has 0 saturated carbocycles. The van der Waals surface area contributed by atoms with E-state index in [1.165, 1.54) is 24.5 Å². The van der Waals surface area contributed by atoms with Crippen molar-refractivity contribution < 1.29 is 28.5 Å². The molecule has 6 aromatic rings. The fraction of sp³-hybridized carbons (Fsp3) is 0.273. The maximum Gasteiger partial charge on any atom is 0.255 e. The van der Waals surface area contributed by atoms with Gasteiger partial charge in [-0.3, -0.25) is 19.4 Å². The molecule has 59 heavy (non-hydrogen) atoms. The second-order valence-electron chi connectivity index (χ2n) is 13.4. The minimum atomic E-state index is -0.524. The number of hydrogen-bond acceptors (Lipinski definition) is 11. The number of fused-ring (bicyclic) bond motifs is 2. The van der Waals surface area contributed by atoms with Crippen molar-refractivity contribution in [1.29, 1.82) is 0 Å². The van der Waals surface area contributed by atoms with E-state index in [2.05, 4.69) is 31.2 Å². The SMILES string of the molecule is Nc1ccc(OCCN2CCOCC2)c2ccccc12.O=C(Cl)c1ccnc(Cl)c1.O=C(Nc1ccc(OCCN2CCOCC2)c2ccccc12)c1ccnc(Cl)c1. The van der Waals surface area contributed by atoms with Crippen molar-refractivity contribution >= 4 is 78.9 Å². The summed E-state index contributed by atoms with van der Waals surface area (Å²) in [7, 11) is 0. The van der Waals surface area contributed by atoms with Gasteiger partial charge in [-0.2, -0.15) is 0 Å². The number of rotatable bonds is 11. The summed E-state index contributed by atoms with van der Waals surface area (Å²) in [4.78, 5) is 35.4. The fourth-order valence-electron chi connectivity index (χ4n) is 6.41. The van der Waals surface area contributed by atoms with Crippen molar-refractivity contribution in [2.75, 3.05) is 90.0 Å². The third-order valence-electron chi connectivity index (χ3n) is 9.53. The number of aromatic nitrogens is 2. The second kappa shape index (κ2) is 22.4. The third-order valence-corrected chi connectivity index (χ3v) is 10.2. The first-order chi connectivity index (χ1) is 28.7. The van der Waals surface area contributed by atoms with Crippen molar-refractivity contribution in [3.8, 4) is 11.5 Å². The number of hydrogen-bond donors (Lipinski definition) is 2. The van der Waals surface area contributed by atoms with Gasteiger partial charge in [0, 0.05) is 95.7 Å². The zero-order chi connectivity index (χ0) is 41.4. The van der Waals surface area contributed by atoms with Crippen LogP contribution in [0.4, 0.5) is 11.4 Å². The molecule has 0 aliphatic carbocycles. The van der Waals surface area contributed by atoms with Crippen LogP contribution in [0.1, 0.15) is 20.7 Å². The van der Waals surface area contributed by atoms with Crippen LogP contribution in [-0.4, -0.2) is 110 Å². The molecule has 4 aromatic carbocycles. The number of pyridine rings is 2. The Labute approximate surface area is 358 Å². The second-order valence-corrected chi connectivity index (χ2v) is 14.5. The normalized spacial score (nSPS) is 14.4. The minimum absolute atomic E-state index is 0.236. The highest BCUT2D eigenvalue weighted by atomic mass is 35.5. The first-order valence-electron chi connectivity index (χ1n) is 19.1. The topological polar surface area (TPSA) is 141 Å². The Bertz CT molecular complexity index is 2320. The number of nitrogens with two attached hydrogens (primary N) is 1. The van der Waals surface area contributed by atoms with Gasteiger partial charge >= 0.3 is 0 Å². The number of ether oxygens (including phenoxy) is 4. The third kappa shape index (κ3) is 13.0. The first kappa shape index (κ1) is 43.5. The maximum atomic E-state index is 12.6. The summed E-state index contributed by atoms with van der Waals surface area (Å²) in [5, 5.41) is 7.00. The Balaban J connectivity index is 0.000000168. The number of carbonyl (C=O) groups excluding carboxylic acids is 2.